The number of halogens is 1. The zero-order valence-corrected chi connectivity index (χ0v) is 14.1. The molecule has 0 aromatic heterocycles. The Bertz CT molecular complexity index is 702. The summed E-state index contributed by atoms with van der Waals surface area (Å²) in [6.45, 7) is 2.45. The Labute approximate surface area is 145 Å². The summed E-state index contributed by atoms with van der Waals surface area (Å²) >= 11 is 5.90. The summed E-state index contributed by atoms with van der Waals surface area (Å²) in [4.78, 5) is 23.8. The van der Waals surface area contributed by atoms with Crippen LogP contribution in [-0.2, 0) is 11.2 Å². The number of benzene rings is 2. The van der Waals surface area contributed by atoms with Gasteiger partial charge in [0.15, 0.2) is 0 Å². The third-order valence-corrected chi connectivity index (χ3v) is 3.51. The van der Waals surface area contributed by atoms with Gasteiger partial charge in [0, 0.05) is 17.0 Å². The van der Waals surface area contributed by atoms with Crippen LogP contribution in [0, 0.1) is 0 Å². The first-order valence-corrected chi connectivity index (χ1v) is 8.02. The van der Waals surface area contributed by atoms with Crippen LogP contribution in [-0.4, -0.2) is 18.4 Å². The molecule has 0 aliphatic rings. The van der Waals surface area contributed by atoms with Crippen molar-refractivity contribution in [2.75, 3.05) is 6.61 Å². The van der Waals surface area contributed by atoms with E-state index in [1.165, 1.54) is 0 Å². The molecule has 0 aliphatic heterocycles. The fourth-order valence-corrected chi connectivity index (χ4v) is 2.29. The highest BCUT2D eigenvalue weighted by Gasteiger charge is 2.08. The van der Waals surface area contributed by atoms with Crippen LogP contribution in [0.2, 0.25) is 5.02 Å². The van der Waals surface area contributed by atoms with E-state index in [2.05, 4.69) is 10.9 Å². The Morgan fingerprint density at radius 3 is 2.50 bits per heavy atom. The third-order valence-electron chi connectivity index (χ3n) is 3.27. The zero-order valence-electron chi connectivity index (χ0n) is 13.3. The van der Waals surface area contributed by atoms with E-state index in [-0.39, 0.29) is 18.2 Å². The van der Waals surface area contributed by atoms with Crippen molar-refractivity contribution in [3.8, 4) is 5.75 Å². The van der Waals surface area contributed by atoms with Gasteiger partial charge in [-0.3, -0.25) is 20.4 Å². The number of aryl methyl sites for hydroxylation is 1. The van der Waals surface area contributed by atoms with Gasteiger partial charge in [0.05, 0.1) is 6.61 Å². The zero-order chi connectivity index (χ0) is 17.4. The first kappa shape index (κ1) is 17.8. The van der Waals surface area contributed by atoms with Crippen LogP contribution in [0.3, 0.4) is 0 Å². The van der Waals surface area contributed by atoms with E-state index < -0.39 is 0 Å². The lowest BCUT2D eigenvalue weighted by Crippen LogP contribution is -2.41. The van der Waals surface area contributed by atoms with Gasteiger partial charge in [-0.15, -0.1) is 0 Å². The molecular formula is C18H19ClN2O3. The average molecular weight is 347 g/mol. The minimum absolute atomic E-state index is 0.254. The van der Waals surface area contributed by atoms with Crippen LogP contribution < -0.4 is 15.6 Å². The molecule has 2 N–H and O–H groups in total. The van der Waals surface area contributed by atoms with E-state index >= 15 is 0 Å². The molecule has 2 aromatic rings. The van der Waals surface area contributed by atoms with E-state index in [1.807, 2.05) is 25.1 Å². The number of rotatable bonds is 6. The molecule has 2 rings (SSSR count). The molecule has 6 heteroatoms. The SMILES string of the molecule is CCOc1ccc(C(=O)NNC(=O)CCc2cccc(Cl)c2)cc1. The molecular weight excluding hydrogens is 328 g/mol. The molecule has 0 spiro atoms. The summed E-state index contributed by atoms with van der Waals surface area (Å²) in [5, 5.41) is 0.636. The molecule has 0 unspecified atom stereocenters. The van der Waals surface area contributed by atoms with Gasteiger partial charge in [0.2, 0.25) is 5.91 Å². The highest BCUT2D eigenvalue weighted by molar-refractivity contribution is 6.30. The van der Waals surface area contributed by atoms with Gasteiger partial charge in [-0.1, -0.05) is 23.7 Å². The number of amides is 2. The van der Waals surface area contributed by atoms with Crippen LogP contribution in [0.4, 0.5) is 0 Å². The summed E-state index contributed by atoms with van der Waals surface area (Å²) in [6.07, 6.45) is 0.801. The summed E-state index contributed by atoms with van der Waals surface area (Å²) < 4.78 is 5.31. The van der Waals surface area contributed by atoms with Crippen molar-refractivity contribution < 1.29 is 14.3 Å². The normalized spacial score (nSPS) is 10.1. The smallest absolute Gasteiger partial charge is 0.269 e. The van der Waals surface area contributed by atoms with Gasteiger partial charge in [0.25, 0.3) is 5.91 Å². The molecule has 0 radical (unpaired) electrons. The molecule has 126 valence electrons. The molecule has 0 atom stereocenters. The Hall–Kier alpha value is -2.53. The number of carbonyl (C=O) groups excluding carboxylic acids is 2. The Balaban J connectivity index is 1.77. The number of hydrogen-bond acceptors (Lipinski definition) is 3. The maximum Gasteiger partial charge on any atom is 0.269 e. The third kappa shape index (κ3) is 5.59. The molecule has 0 fully saturated rings. The lowest BCUT2D eigenvalue weighted by atomic mass is 10.1. The summed E-state index contributed by atoms with van der Waals surface area (Å²) in [5.74, 6) is 0.0445. The van der Waals surface area contributed by atoms with Crippen molar-refractivity contribution in [2.24, 2.45) is 0 Å². The van der Waals surface area contributed by atoms with E-state index in [4.69, 9.17) is 16.3 Å². The fraction of sp³-hybridized carbons (Fsp3) is 0.222. The second-order valence-electron chi connectivity index (χ2n) is 5.09. The van der Waals surface area contributed by atoms with Crippen LogP contribution in [0.1, 0.15) is 29.3 Å². The van der Waals surface area contributed by atoms with Crippen molar-refractivity contribution in [1.29, 1.82) is 0 Å². The van der Waals surface area contributed by atoms with E-state index in [0.29, 0.717) is 29.4 Å². The lowest BCUT2D eigenvalue weighted by molar-refractivity contribution is -0.121. The minimum atomic E-state index is -0.380. The first-order valence-electron chi connectivity index (χ1n) is 7.65. The summed E-state index contributed by atoms with van der Waals surface area (Å²) in [6, 6.07) is 14.0. The van der Waals surface area contributed by atoms with Crippen molar-refractivity contribution in [1.82, 2.24) is 10.9 Å². The number of ether oxygens (including phenoxy) is 1. The minimum Gasteiger partial charge on any atom is -0.494 e. The van der Waals surface area contributed by atoms with Gasteiger partial charge in [-0.25, -0.2) is 0 Å². The standard InChI is InChI=1S/C18H19ClN2O3/c1-2-24-16-9-7-14(8-10-16)18(23)21-20-17(22)11-6-13-4-3-5-15(19)12-13/h3-5,7-10,12H,2,6,11H2,1H3,(H,20,22)(H,21,23). The number of hydrogen-bond donors (Lipinski definition) is 2. The Morgan fingerprint density at radius 1 is 1.08 bits per heavy atom. The van der Waals surface area contributed by atoms with Crippen LogP contribution in [0.5, 0.6) is 5.75 Å². The maximum atomic E-state index is 12.0. The van der Waals surface area contributed by atoms with Crippen LogP contribution in [0.15, 0.2) is 48.5 Å². The molecule has 0 saturated carbocycles. The lowest BCUT2D eigenvalue weighted by Gasteiger charge is -2.08. The maximum absolute atomic E-state index is 12.0. The Morgan fingerprint density at radius 2 is 1.83 bits per heavy atom. The van der Waals surface area contributed by atoms with Gasteiger partial charge >= 0.3 is 0 Å². The van der Waals surface area contributed by atoms with E-state index in [1.54, 1.807) is 30.3 Å². The molecule has 2 aromatic carbocycles. The molecule has 24 heavy (non-hydrogen) atoms. The van der Waals surface area contributed by atoms with E-state index in [0.717, 1.165) is 5.56 Å². The average Bonchev–Trinajstić information content (AvgIpc) is 2.59. The second kappa shape index (κ2) is 8.93. The monoisotopic (exact) mass is 346 g/mol. The number of carbonyl (C=O) groups is 2. The molecule has 0 heterocycles. The molecule has 5 nitrogen and oxygen atoms in total. The number of nitrogens with one attached hydrogen (secondary N) is 2. The highest BCUT2D eigenvalue weighted by atomic mass is 35.5. The highest BCUT2D eigenvalue weighted by Crippen LogP contribution is 2.13. The fourth-order valence-electron chi connectivity index (χ4n) is 2.08. The van der Waals surface area contributed by atoms with Crippen LogP contribution >= 0.6 is 11.6 Å². The van der Waals surface area contributed by atoms with Crippen LogP contribution in [0.25, 0.3) is 0 Å². The second-order valence-corrected chi connectivity index (χ2v) is 5.53. The molecule has 0 bridgehead atoms. The van der Waals surface area contributed by atoms with Crippen molar-refractivity contribution in [3.63, 3.8) is 0 Å². The first-order chi connectivity index (χ1) is 11.6. The van der Waals surface area contributed by atoms with Gasteiger partial charge < -0.3 is 4.74 Å². The topological polar surface area (TPSA) is 67.4 Å². The quantitative estimate of drug-likeness (QED) is 0.790. The van der Waals surface area contributed by atoms with Gasteiger partial charge in [-0.05, 0) is 55.3 Å². The summed E-state index contributed by atoms with van der Waals surface area (Å²) in [7, 11) is 0. The van der Waals surface area contributed by atoms with Gasteiger partial charge in [-0.2, -0.15) is 0 Å². The van der Waals surface area contributed by atoms with Gasteiger partial charge in [0.1, 0.15) is 5.75 Å². The largest absolute Gasteiger partial charge is 0.494 e. The Kier molecular flexibility index (Phi) is 6.63. The molecule has 0 aliphatic carbocycles. The van der Waals surface area contributed by atoms with Crippen molar-refractivity contribution >= 4 is 23.4 Å². The van der Waals surface area contributed by atoms with Crippen molar-refractivity contribution in [3.05, 3.63) is 64.7 Å². The predicted octanol–water partition coefficient (Wildman–Crippen LogP) is 3.13. The predicted molar refractivity (Wildman–Crippen MR) is 93.0 cm³/mol. The summed E-state index contributed by atoms with van der Waals surface area (Å²) in [5.41, 5.74) is 6.20. The molecule has 0 saturated heterocycles. The number of hydrazine groups is 1. The molecule has 2 amide bonds. The van der Waals surface area contributed by atoms with Crippen molar-refractivity contribution in [2.45, 2.75) is 19.8 Å². The van der Waals surface area contributed by atoms with E-state index in [9.17, 15) is 9.59 Å².